The third-order valence-electron chi connectivity index (χ3n) is 3.94. The highest BCUT2D eigenvalue weighted by atomic mass is 16.5. The molecule has 2 rings (SSSR count). The van der Waals surface area contributed by atoms with E-state index in [0.717, 1.165) is 16.8 Å². The van der Waals surface area contributed by atoms with Crippen molar-refractivity contribution in [2.24, 2.45) is 0 Å². The standard InChI is InChI=1S/C22H22N2O3/c1-5-11-27-19-10-9-17(13-20(19)26-4)12-18(14-23)22(25)24-21-15(2)7-6-8-16(21)3/h5-10,12-13H,1,11H2,2-4H3,(H,24,25)/b18-12+. The van der Waals surface area contributed by atoms with Crippen molar-refractivity contribution < 1.29 is 14.3 Å². The Hall–Kier alpha value is -3.52. The minimum atomic E-state index is -0.458. The minimum Gasteiger partial charge on any atom is -0.493 e. The number of ether oxygens (including phenoxy) is 2. The molecule has 27 heavy (non-hydrogen) atoms. The lowest BCUT2D eigenvalue weighted by molar-refractivity contribution is -0.112. The third kappa shape index (κ3) is 4.99. The van der Waals surface area contributed by atoms with Gasteiger partial charge in [-0.3, -0.25) is 4.79 Å². The SMILES string of the molecule is C=CCOc1ccc(/C=C(\C#N)C(=O)Nc2c(C)cccc2C)cc1OC. The molecule has 1 N–H and O–H groups in total. The average molecular weight is 362 g/mol. The molecule has 2 aromatic rings. The summed E-state index contributed by atoms with van der Waals surface area (Å²) in [6.07, 6.45) is 3.15. The maximum absolute atomic E-state index is 12.5. The Morgan fingerprint density at radius 3 is 2.52 bits per heavy atom. The lowest BCUT2D eigenvalue weighted by Crippen LogP contribution is -2.15. The van der Waals surface area contributed by atoms with Gasteiger partial charge in [0.2, 0.25) is 0 Å². The summed E-state index contributed by atoms with van der Waals surface area (Å²) in [5.74, 6) is 0.618. The normalized spacial score (nSPS) is 10.7. The maximum atomic E-state index is 12.5. The van der Waals surface area contributed by atoms with E-state index in [1.807, 2.05) is 38.1 Å². The van der Waals surface area contributed by atoms with E-state index >= 15 is 0 Å². The Morgan fingerprint density at radius 2 is 1.93 bits per heavy atom. The average Bonchev–Trinajstić information content (AvgIpc) is 2.67. The van der Waals surface area contributed by atoms with Gasteiger partial charge in [-0.2, -0.15) is 5.26 Å². The number of amides is 1. The number of methoxy groups -OCH3 is 1. The van der Waals surface area contributed by atoms with Crippen molar-refractivity contribution in [1.29, 1.82) is 5.26 Å². The van der Waals surface area contributed by atoms with Gasteiger partial charge in [0.25, 0.3) is 5.91 Å². The lowest BCUT2D eigenvalue weighted by Gasteiger charge is -2.11. The molecule has 0 atom stereocenters. The van der Waals surface area contributed by atoms with Gasteiger partial charge < -0.3 is 14.8 Å². The number of anilines is 1. The number of nitrogens with one attached hydrogen (secondary N) is 1. The number of hydrogen-bond donors (Lipinski definition) is 1. The summed E-state index contributed by atoms with van der Waals surface area (Å²) in [4.78, 5) is 12.5. The van der Waals surface area contributed by atoms with Crippen molar-refractivity contribution in [3.8, 4) is 17.6 Å². The van der Waals surface area contributed by atoms with E-state index in [2.05, 4.69) is 11.9 Å². The van der Waals surface area contributed by atoms with E-state index < -0.39 is 5.91 Å². The molecule has 138 valence electrons. The molecule has 5 heteroatoms. The highest BCUT2D eigenvalue weighted by Gasteiger charge is 2.13. The summed E-state index contributed by atoms with van der Waals surface area (Å²) in [5, 5.41) is 12.2. The van der Waals surface area contributed by atoms with Crippen LogP contribution in [0, 0.1) is 25.2 Å². The number of aryl methyl sites for hydroxylation is 2. The Kier molecular flexibility index (Phi) is 6.79. The summed E-state index contributed by atoms with van der Waals surface area (Å²) in [6, 6.07) is 12.9. The topological polar surface area (TPSA) is 71.3 Å². The van der Waals surface area contributed by atoms with Crippen LogP contribution in [0.3, 0.4) is 0 Å². The van der Waals surface area contributed by atoms with Crippen molar-refractivity contribution in [3.05, 3.63) is 71.3 Å². The lowest BCUT2D eigenvalue weighted by atomic mass is 10.1. The summed E-state index contributed by atoms with van der Waals surface area (Å²) < 4.78 is 10.8. The van der Waals surface area contributed by atoms with Crippen molar-refractivity contribution in [3.63, 3.8) is 0 Å². The van der Waals surface area contributed by atoms with E-state index in [0.29, 0.717) is 23.7 Å². The molecule has 0 bridgehead atoms. The number of nitriles is 1. The van der Waals surface area contributed by atoms with Gasteiger partial charge in [0.15, 0.2) is 11.5 Å². The molecule has 0 unspecified atom stereocenters. The Bertz CT molecular complexity index is 903. The third-order valence-corrected chi connectivity index (χ3v) is 3.94. The fourth-order valence-electron chi connectivity index (χ4n) is 2.55. The van der Waals surface area contributed by atoms with Crippen LogP contribution in [0.15, 0.2) is 54.6 Å². The van der Waals surface area contributed by atoms with E-state index in [9.17, 15) is 10.1 Å². The Morgan fingerprint density at radius 1 is 1.22 bits per heavy atom. The van der Waals surface area contributed by atoms with Gasteiger partial charge in [0.05, 0.1) is 7.11 Å². The van der Waals surface area contributed by atoms with Gasteiger partial charge in [-0.1, -0.05) is 36.9 Å². The molecule has 0 aliphatic rings. The zero-order valence-corrected chi connectivity index (χ0v) is 15.7. The predicted molar refractivity (Wildman–Crippen MR) is 107 cm³/mol. The van der Waals surface area contributed by atoms with Crippen LogP contribution in [0.25, 0.3) is 6.08 Å². The van der Waals surface area contributed by atoms with E-state index in [-0.39, 0.29) is 5.57 Å². The number of nitrogens with zero attached hydrogens (tertiary/aromatic N) is 1. The Labute approximate surface area is 159 Å². The molecule has 0 aromatic heterocycles. The van der Waals surface area contributed by atoms with Crippen molar-refractivity contribution >= 4 is 17.7 Å². The Balaban J connectivity index is 2.28. The molecule has 2 aromatic carbocycles. The molecule has 0 aliphatic carbocycles. The molecular weight excluding hydrogens is 340 g/mol. The second-order valence-electron chi connectivity index (χ2n) is 5.90. The van der Waals surface area contributed by atoms with Gasteiger partial charge in [0.1, 0.15) is 18.2 Å². The van der Waals surface area contributed by atoms with Crippen molar-refractivity contribution in [2.75, 3.05) is 19.0 Å². The number of hydrogen-bond acceptors (Lipinski definition) is 4. The van der Waals surface area contributed by atoms with Gasteiger partial charge in [-0.05, 0) is 48.7 Å². The van der Waals surface area contributed by atoms with Crippen LogP contribution in [-0.2, 0) is 4.79 Å². The molecule has 1 amide bonds. The zero-order chi connectivity index (χ0) is 19.8. The quantitative estimate of drug-likeness (QED) is 0.449. The highest BCUT2D eigenvalue weighted by molar-refractivity contribution is 6.10. The number of rotatable bonds is 7. The number of carbonyl (C=O) groups excluding carboxylic acids is 1. The monoisotopic (exact) mass is 362 g/mol. The first-order valence-electron chi connectivity index (χ1n) is 8.41. The van der Waals surface area contributed by atoms with E-state index in [1.54, 1.807) is 24.3 Å². The largest absolute Gasteiger partial charge is 0.493 e. The molecule has 5 nitrogen and oxygen atoms in total. The number of carbonyl (C=O) groups is 1. The highest BCUT2D eigenvalue weighted by Crippen LogP contribution is 2.29. The molecule has 0 heterocycles. The first-order chi connectivity index (χ1) is 13.0. The van der Waals surface area contributed by atoms with Crippen molar-refractivity contribution in [1.82, 2.24) is 0 Å². The molecule has 0 saturated carbocycles. The van der Waals surface area contributed by atoms with Crippen LogP contribution < -0.4 is 14.8 Å². The van der Waals surface area contributed by atoms with E-state index in [1.165, 1.54) is 13.2 Å². The smallest absolute Gasteiger partial charge is 0.266 e. The van der Waals surface area contributed by atoms with Gasteiger partial charge >= 0.3 is 0 Å². The van der Waals surface area contributed by atoms with Crippen LogP contribution in [0.1, 0.15) is 16.7 Å². The second kappa shape index (κ2) is 9.25. The summed E-state index contributed by atoms with van der Waals surface area (Å²) in [6.45, 7) is 7.78. The molecular formula is C22H22N2O3. The van der Waals surface area contributed by atoms with Gasteiger partial charge in [-0.15, -0.1) is 0 Å². The molecule has 0 fully saturated rings. The van der Waals surface area contributed by atoms with Gasteiger partial charge in [-0.25, -0.2) is 0 Å². The minimum absolute atomic E-state index is 0.000494. The summed E-state index contributed by atoms with van der Waals surface area (Å²) in [5.41, 5.74) is 3.25. The molecule has 0 saturated heterocycles. The van der Waals surface area contributed by atoms with Crippen LogP contribution in [-0.4, -0.2) is 19.6 Å². The summed E-state index contributed by atoms with van der Waals surface area (Å²) in [7, 11) is 1.53. The van der Waals surface area contributed by atoms with Gasteiger partial charge in [0, 0.05) is 5.69 Å². The van der Waals surface area contributed by atoms with Crippen LogP contribution in [0.2, 0.25) is 0 Å². The molecule has 0 aliphatic heterocycles. The van der Waals surface area contributed by atoms with Crippen molar-refractivity contribution in [2.45, 2.75) is 13.8 Å². The fraction of sp³-hybridized carbons (Fsp3) is 0.182. The van der Waals surface area contributed by atoms with Crippen LogP contribution >= 0.6 is 0 Å². The summed E-state index contributed by atoms with van der Waals surface area (Å²) >= 11 is 0. The molecule has 0 radical (unpaired) electrons. The fourth-order valence-corrected chi connectivity index (χ4v) is 2.55. The van der Waals surface area contributed by atoms with Crippen LogP contribution in [0.4, 0.5) is 5.69 Å². The molecule has 0 spiro atoms. The first-order valence-corrected chi connectivity index (χ1v) is 8.41. The predicted octanol–water partition coefficient (Wildman–Crippen LogP) is 4.42. The number of para-hydroxylation sites is 1. The number of benzene rings is 2. The van der Waals surface area contributed by atoms with Crippen LogP contribution in [0.5, 0.6) is 11.5 Å². The zero-order valence-electron chi connectivity index (χ0n) is 15.7. The van der Waals surface area contributed by atoms with E-state index in [4.69, 9.17) is 9.47 Å². The second-order valence-corrected chi connectivity index (χ2v) is 5.90. The maximum Gasteiger partial charge on any atom is 0.266 e. The first kappa shape index (κ1) is 19.8.